The fourth-order valence-corrected chi connectivity index (χ4v) is 3.89. The highest BCUT2D eigenvalue weighted by atomic mass is 32.1. The number of aryl methyl sites for hydroxylation is 1. The second kappa shape index (κ2) is 4.28. The lowest BCUT2D eigenvalue weighted by Gasteiger charge is -2.28. The van der Waals surface area contributed by atoms with E-state index in [4.69, 9.17) is 5.73 Å². The molecular formula is C15H17NS. The van der Waals surface area contributed by atoms with Crippen LogP contribution in [0.15, 0.2) is 35.7 Å². The number of fused-ring (bicyclic) bond motifs is 1. The molecular weight excluding hydrogens is 226 g/mol. The van der Waals surface area contributed by atoms with Crippen LogP contribution in [0.25, 0.3) is 0 Å². The predicted octanol–water partition coefficient (Wildman–Crippen LogP) is 3.46. The third-order valence-corrected chi connectivity index (χ3v) is 4.66. The van der Waals surface area contributed by atoms with Crippen molar-refractivity contribution in [2.24, 2.45) is 5.73 Å². The normalized spacial score (nSPS) is 23.4. The SMILES string of the molecule is Cc1ccccc1C1CC(N)Cc2sccc21. The molecule has 1 aromatic heterocycles. The summed E-state index contributed by atoms with van der Waals surface area (Å²) in [5.74, 6) is 0.501. The van der Waals surface area contributed by atoms with Gasteiger partial charge in [0.05, 0.1) is 0 Å². The highest BCUT2D eigenvalue weighted by Crippen LogP contribution is 2.39. The molecule has 1 heterocycles. The van der Waals surface area contributed by atoms with Crippen LogP contribution in [0.5, 0.6) is 0 Å². The molecule has 0 aliphatic heterocycles. The van der Waals surface area contributed by atoms with Crippen molar-refractivity contribution < 1.29 is 0 Å². The van der Waals surface area contributed by atoms with Gasteiger partial charge in [-0.1, -0.05) is 24.3 Å². The third-order valence-electron chi connectivity index (χ3n) is 3.71. The van der Waals surface area contributed by atoms with Crippen molar-refractivity contribution in [2.75, 3.05) is 0 Å². The van der Waals surface area contributed by atoms with Crippen molar-refractivity contribution in [1.29, 1.82) is 0 Å². The van der Waals surface area contributed by atoms with E-state index in [1.807, 2.05) is 11.3 Å². The Bertz CT molecular complexity index is 529. The number of benzene rings is 1. The molecule has 17 heavy (non-hydrogen) atoms. The largest absolute Gasteiger partial charge is 0.327 e. The highest BCUT2D eigenvalue weighted by molar-refractivity contribution is 7.10. The third kappa shape index (κ3) is 1.92. The average molecular weight is 243 g/mol. The summed E-state index contributed by atoms with van der Waals surface area (Å²) >= 11 is 1.85. The van der Waals surface area contributed by atoms with E-state index in [-0.39, 0.29) is 0 Å². The van der Waals surface area contributed by atoms with Crippen LogP contribution in [0.1, 0.15) is 33.9 Å². The molecule has 2 N–H and O–H groups in total. The Morgan fingerprint density at radius 3 is 2.82 bits per heavy atom. The van der Waals surface area contributed by atoms with Crippen LogP contribution in [0.4, 0.5) is 0 Å². The summed E-state index contributed by atoms with van der Waals surface area (Å²) in [6.45, 7) is 2.20. The Morgan fingerprint density at radius 2 is 2.00 bits per heavy atom. The molecule has 0 saturated heterocycles. The van der Waals surface area contributed by atoms with E-state index in [9.17, 15) is 0 Å². The smallest absolute Gasteiger partial charge is 0.0118 e. The summed E-state index contributed by atoms with van der Waals surface area (Å²) in [6, 6.07) is 11.3. The van der Waals surface area contributed by atoms with E-state index >= 15 is 0 Å². The molecule has 1 aliphatic rings. The van der Waals surface area contributed by atoms with Gasteiger partial charge >= 0.3 is 0 Å². The van der Waals surface area contributed by atoms with E-state index in [0.29, 0.717) is 12.0 Å². The van der Waals surface area contributed by atoms with Gasteiger partial charge in [0.25, 0.3) is 0 Å². The second-order valence-corrected chi connectivity index (χ2v) is 5.91. The van der Waals surface area contributed by atoms with Crippen LogP contribution < -0.4 is 5.73 Å². The molecule has 0 fully saturated rings. The Balaban J connectivity index is 2.08. The molecule has 2 atom stereocenters. The molecule has 2 heteroatoms. The molecule has 0 spiro atoms. The van der Waals surface area contributed by atoms with Gasteiger partial charge in [-0.2, -0.15) is 0 Å². The fourth-order valence-electron chi connectivity index (χ4n) is 2.85. The first-order valence-corrected chi connectivity index (χ1v) is 7.01. The number of nitrogens with two attached hydrogens (primary N) is 1. The molecule has 0 saturated carbocycles. The van der Waals surface area contributed by atoms with Crippen molar-refractivity contribution in [3.8, 4) is 0 Å². The number of hydrogen-bond donors (Lipinski definition) is 1. The van der Waals surface area contributed by atoms with Gasteiger partial charge in [-0.15, -0.1) is 11.3 Å². The zero-order valence-corrected chi connectivity index (χ0v) is 10.8. The standard InChI is InChI=1S/C15H17NS/c1-10-4-2-3-5-12(10)14-8-11(16)9-15-13(14)6-7-17-15/h2-7,11,14H,8-9,16H2,1H3. The maximum atomic E-state index is 6.19. The van der Waals surface area contributed by atoms with Gasteiger partial charge in [0.2, 0.25) is 0 Å². The fraction of sp³-hybridized carbons (Fsp3) is 0.333. The first-order valence-electron chi connectivity index (χ1n) is 6.13. The molecule has 1 aromatic carbocycles. The van der Waals surface area contributed by atoms with E-state index in [2.05, 4.69) is 42.6 Å². The van der Waals surface area contributed by atoms with Crippen molar-refractivity contribution >= 4 is 11.3 Å². The lowest BCUT2D eigenvalue weighted by Crippen LogP contribution is -2.30. The number of hydrogen-bond acceptors (Lipinski definition) is 2. The lowest BCUT2D eigenvalue weighted by atomic mass is 9.79. The molecule has 0 radical (unpaired) electrons. The van der Waals surface area contributed by atoms with Gasteiger partial charge in [0, 0.05) is 16.8 Å². The summed E-state index contributed by atoms with van der Waals surface area (Å²) in [5, 5.41) is 2.20. The van der Waals surface area contributed by atoms with Crippen LogP contribution in [-0.2, 0) is 6.42 Å². The number of thiophene rings is 1. The molecule has 2 unspecified atom stereocenters. The Hall–Kier alpha value is -1.12. The maximum absolute atomic E-state index is 6.19. The Kier molecular flexibility index (Phi) is 2.77. The molecule has 2 aromatic rings. The average Bonchev–Trinajstić information content (AvgIpc) is 2.76. The van der Waals surface area contributed by atoms with Gasteiger partial charge in [-0.25, -0.2) is 0 Å². The van der Waals surface area contributed by atoms with Crippen molar-refractivity contribution in [3.63, 3.8) is 0 Å². The first-order chi connectivity index (χ1) is 8.25. The van der Waals surface area contributed by atoms with Gasteiger partial charge in [0.1, 0.15) is 0 Å². The summed E-state index contributed by atoms with van der Waals surface area (Å²) in [5.41, 5.74) is 10.5. The summed E-state index contributed by atoms with van der Waals surface area (Å²) in [6.07, 6.45) is 2.13. The summed E-state index contributed by atoms with van der Waals surface area (Å²) < 4.78 is 0. The topological polar surface area (TPSA) is 26.0 Å². The zero-order chi connectivity index (χ0) is 11.8. The molecule has 1 nitrogen and oxygen atoms in total. The highest BCUT2D eigenvalue weighted by Gasteiger charge is 2.27. The van der Waals surface area contributed by atoms with Crippen LogP contribution in [-0.4, -0.2) is 6.04 Å². The van der Waals surface area contributed by atoms with Crippen molar-refractivity contribution in [2.45, 2.75) is 31.7 Å². The van der Waals surface area contributed by atoms with E-state index in [1.165, 1.54) is 21.6 Å². The minimum Gasteiger partial charge on any atom is -0.327 e. The van der Waals surface area contributed by atoms with Gasteiger partial charge in [0.15, 0.2) is 0 Å². The Morgan fingerprint density at radius 1 is 1.18 bits per heavy atom. The first kappa shape index (κ1) is 11.0. The van der Waals surface area contributed by atoms with Crippen LogP contribution in [0.3, 0.4) is 0 Å². The second-order valence-electron chi connectivity index (χ2n) is 4.91. The molecule has 0 amide bonds. The Labute approximate surface area is 106 Å². The summed E-state index contributed by atoms with van der Waals surface area (Å²) in [7, 11) is 0. The van der Waals surface area contributed by atoms with Crippen LogP contribution in [0, 0.1) is 6.92 Å². The van der Waals surface area contributed by atoms with Gasteiger partial charge in [-0.05, 0) is 47.9 Å². The lowest BCUT2D eigenvalue weighted by molar-refractivity contribution is 0.536. The minimum atomic E-state index is 0.311. The van der Waals surface area contributed by atoms with E-state index < -0.39 is 0 Å². The van der Waals surface area contributed by atoms with Crippen molar-refractivity contribution in [3.05, 3.63) is 57.3 Å². The maximum Gasteiger partial charge on any atom is 0.0118 e. The quantitative estimate of drug-likeness (QED) is 0.815. The molecule has 88 valence electrons. The molecule has 3 rings (SSSR count). The zero-order valence-electron chi connectivity index (χ0n) is 10.0. The van der Waals surface area contributed by atoms with Crippen molar-refractivity contribution in [1.82, 2.24) is 0 Å². The van der Waals surface area contributed by atoms with Crippen LogP contribution >= 0.6 is 11.3 Å². The molecule has 0 bridgehead atoms. The van der Waals surface area contributed by atoms with Gasteiger partial charge in [-0.3, -0.25) is 0 Å². The van der Waals surface area contributed by atoms with E-state index in [0.717, 1.165) is 12.8 Å². The number of rotatable bonds is 1. The van der Waals surface area contributed by atoms with Gasteiger partial charge < -0.3 is 5.73 Å². The predicted molar refractivity (Wildman–Crippen MR) is 73.6 cm³/mol. The van der Waals surface area contributed by atoms with Crippen LogP contribution in [0.2, 0.25) is 0 Å². The summed E-state index contributed by atoms with van der Waals surface area (Å²) in [4.78, 5) is 1.48. The minimum absolute atomic E-state index is 0.311. The van der Waals surface area contributed by atoms with E-state index in [1.54, 1.807) is 0 Å². The monoisotopic (exact) mass is 243 g/mol. The molecule has 1 aliphatic carbocycles.